The molecule has 6 N–H and O–H groups in total. The van der Waals surface area contributed by atoms with Gasteiger partial charge in [0.15, 0.2) is 0 Å². The molecule has 0 rings (SSSR count). The van der Waals surface area contributed by atoms with Crippen LogP contribution in [-0.2, 0) is 19.1 Å². The second-order valence-corrected chi connectivity index (χ2v) is 3.13. The van der Waals surface area contributed by atoms with Crippen molar-refractivity contribution in [2.45, 2.75) is 31.8 Å². The maximum atomic E-state index is 11.0. The predicted octanol–water partition coefficient (Wildman–Crippen LogP) is -2.00. The van der Waals surface area contributed by atoms with Gasteiger partial charge in [0, 0.05) is 6.42 Å². The minimum Gasteiger partial charge on any atom is -0.392 e. The van der Waals surface area contributed by atoms with Crippen LogP contribution in [0.2, 0.25) is 0 Å². The molecule has 0 aliphatic rings. The van der Waals surface area contributed by atoms with Gasteiger partial charge >= 0.3 is 11.9 Å². The van der Waals surface area contributed by atoms with Crippen LogP contribution in [0.3, 0.4) is 0 Å². The average Bonchev–Trinajstić information content (AvgIpc) is 2.13. The lowest BCUT2D eigenvalue weighted by molar-refractivity contribution is -0.160. The van der Waals surface area contributed by atoms with Crippen LogP contribution < -0.4 is 17.2 Å². The molecular formula is C8H15N3O4. The Balaban J connectivity index is 3.86. The van der Waals surface area contributed by atoms with Gasteiger partial charge < -0.3 is 21.9 Å². The largest absolute Gasteiger partial charge is 0.392 e. The van der Waals surface area contributed by atoms with Gasteiger partial charge in [0.05, 0.1) is 6.04 Å². The first kappa shape index (κ1) is 13.5. The molecule has 2 atom stereocenters. The predicted molar refractivity (Wildman–Crippen MR) is 51.2 cm³/mol. The second-order valence-electron chi connectivity index (χ2n) is 3.13. The molecule has 15 heavy (non-hydrogen) atoms. The zero-order valence-corrected chi connectivity index (χ0v) is 8.43. The average molecular weight is 217 g/mol. The molecule has 0 unspecified atom stereocenters. The normalized spacial score (nSPS) is 14.1. The molecule has 0 aliphatic carbocycles. The molecule has 7 nitrogen and oxygen atoms in total. The van der Waals surface area contributed by atoms with E-state index in [0.29, 0.717) is 0 Å². The Morgan fingerprint density at radius 3 is 2.20 bits per heavy atom. The molecule has 0 heterocycles. The number of carbonyl (C=O) groups excluding carboxylic acids is 3. The van der Waals surface area contributed by atoms with Gasteiger partial charge in [-0.15, -0.1) is 0 Å². The summed E-state index contributed by atoms with van der Waals surface area (Å²) < 4.78 is 4.33. The van der Waals surface area contributed by atoms with Crippen molar-refractivity contribution in [1.82, 2.24) is 0 Å². The van der Waals surface area contributed by atoms with Gasteiger partial charge in [0.25, 0.3) is 0 Å². The van der Waals surface area contributed by atoms with E-state index in [9.17, 15) is 14.4 Å². The molecule has 0 bridgehead atoms. The minimum absolute atomic E-state index is 0.0421. The van der Waals surface area contributed by atoms with Gasteiger partial charge in [-0.3, -0.25) is 9.59 Å². The summed E-state index contributed by atoms with van der Waals surface area (Å²) in [5, 5.41) is 0. The number of hydrogen-bond acceptors (Lipinski definition) is 6. The molecule has 7 heteroatoms. The molecular weight excluding hydrogens is 202 g/mol. The van der Waals surface area contributed by atoms with E-state index in [-0.39, 0.29) is 12.8 Å². The third-order valence-corrected chi connectivity index (χ3v) is 1.61. The van der Waals surface area contributed by atoms with Crippen molar-refractivity contribution in [2.75, 3.05) is 0 Å². The maximum absolute atomic E-state index is 11.0. The standard InChI is InChI=1S/C8H15N3O4/c1-4(9)8(14)15-6(12)3-2-5(10)7(11)13/h4-5H,2-3,9-10H2,1H3,(H2,11,13)/t4-,5+/m0/s1. The minimum atomic E-state index is -0.914. The zero-order chi connectivity index (χ0) is 12.0. The van der Waals surface area contributed by atoms with Crippen LogP contribution in [0, 0.1) is 0 Å². The first-order chi connectivity index (χ1) is 6.84. The highest BCUT2D eigenvalue weighted by Crippen LogP contribution is 1.97. The summed E-state index contributed by atoms with van der Waals surface area (Å²) in [7, 11) is 0. The van der Waals surface area contributed by atoms with Crippen LogP contribution in [-0.4, -0.2) is 29.9 Å². The molecule has 0 saturated heterocycles. The van der Waals surface area contributed by atoms with E-state index in [0.717, 1.165) is 0 Å². The summed E-state index contributed by atoms with van der Waals surface area (Å²) in [5.74, 6) is -2.29. The fourth-order valence-electron chi connectivity index (χ4n) is 0.672. The van der Waals surface area contributed by atoms with Gasteiger partial charge in [0.2, 0.25) is 5.91 Å². The van der Waals surface area contributed by atoms with E-state index in [1.54, 1.807) is 0 Å². The zero-order valence-electron chi connectivity index (χ0n) is 8.43. The molecule has 1 amide bonds. The van der Waals surface area contributed by atoms with E-state index < -0.39 is 29.9 Å². The monoisotopic (exact) mass is 217 g/mol. The molecule has 86 valence electrons. The number of esters is 2. The van der Waals surface area contributed by atoms with Crippen molar-refractivity contribution < 1.29 is 19.1 Å². The summed E-state index contributed by atoms with van der Waals surface area (Å²) in [5.41, 5.74) is 15.3. The van der Waals surface area contributed by atoms with Crippen molar-refractivity contribution in [3.63, 3.8) is 0 Å². The van der Waals surface area contributed by atoms with E-state index >= 15 is 0 Å². The number of hydrogen-bond donors (Lipinski definition) is 3. The fraction of sp³-hybridized carbons (Fsp3) is 0.625. The highest BCUT2D eigenvalue weighted by atomic mass is 16.6. The lowest BCUT2D eigenvalue weighted by Gasteiger charge is -2.07. The third kappa shape index (κ3) is 5.76. The maximum Gasteiger partial charge on any atom is 0.330 e. The Hall–Kier alpha value is -1.47. The second kappa shape index (κ2) is 6.10. The molecule has 0 aromatic carbocycles. The van der Waals surface area contributed by atoms with Crippen LogP contribution in [0.5, 0.6) is 0 Å². The van der Waals surface area contributed by atoms with E-state index in [1.807, 2.05) is 0 Å². The summed E-state index contributed by atoms with van der Waals surface area (Å²) in [6.45, 7) is 1.39. The first-order valence-electron chi connectivity index (χ1n) is 4.39. The van der Waals surface area contributed by atoms with Crippen molar-refractivity contribution in [1.29, 1.82) is 0 Å². The Bertz CT molecular complexity index is 265. The summed E-state index contributed by atoms with van der Waals surface area (Å²) in [4.78, 5) is 32.3. The van der Waals surface area contributed by atoms with Gasteiger partial charge in [-0.05, 0) is 13.3 Å². The molecule has 0 aromatic heterocycles. The van der Waals surface area contributed by atoms with Crippen LogP contribution in [0.1, 0.15) is 19.8 Å². The quantitative estimate of drug-likeness (QED) is 0.359. The lowest BCUT2D eigenvalue weighted by Crippen LogP contribution is -2.37. The Labute approximate surface area is 86.9 Å². The number of carbonyl (C=O) groups is 3. The van der Waals surface area contributed by atoms with Crippen molar-refractivity contribution in [3.05, 3.63) is 0 Å². The van der Waals surface area contributed by atoms with Gasteiger partial charge in [-0.2, -0.15) is 0 Å². The van der Waals surface area contributed by atoms with Gasteiger partial charge in [-0.25, -0.2) is 4.79 Å². The lowest BCUT2D eigenvalue weighted by atomic mass is 10.1. The highest BCUT2D eigenvalue weighted by Gasteiger charge is 2.17. The van der Waals surface area contributed by atoms with Crippen LogP contribution in [0.15, 0.2) is 0 Å². The Morgan fingerprint density at radius 1 is 1.27 bits per heavy atom. The topological polar surface area (TPSA) is 138 Å². The van der Waals surface area contributed by atoms with E-state index in [4.69, 9.17) is 17.2 Å². The molecule has 0 aromatic rings. The Morgan fingerprint density at radius 2 is 1.80 bits per heavy atom. The molecule has 0 fully saturated rings. The Kier molecular flexibility index (Phi) is 5.50. The molecule has 0 saturated carbocycles. The smallest absolute Gasteiger partial charge is 0.330 e. The van der Waals surface area contributed by atoms with Gasteiger partial charge in [-0.1, -0.05) is 0 Å². The number of primary amides is 1. The summed E-state index contributed by atoms with van der Waals surface area (Å²) in [6.07, 6.45) is -0.108. The molecule has 0 radical (unpaired) electrons. The molecule has 0 aliphatic heterocycles. The van der Waals surface area contributed by atoms with Crippen LogP contribution in [0.4, 0.5) is 0 Å². The van der Waals surface area contributed by atoms with Gasteiger partial charge in [0.1, 0.15) is 6.04 Å². The summed E-state index contributed by atoms with van der Waals surface area (Å²) >= 11 is 0. The number of rotatable bonds is 5. The first-order valence-corrected chi connectivity index (χ1v) is 4.39. The highest BCUT2D eigenvalue weighted by molar-refractivity contribution is 5.88. The van der Waals surface area contributed by atoms with Crippen LogP contribution >= 0.6 is 0 Å². The van der Waals surface area contributed by atoms with E-state index in [2.05, 4.69) is 4.74 Å². The van der Waals surface area contributed by atoms with E-state index in [1.165, 1.54) is 6.92 Å². The van der Waals surface area contributed by atoms with Crippen molar-refractivity contribution in [3.8, 4) is 0 Å². The fourth-order valence-corrected chi connectivity index (χ4v) is 0.672. The number of nitrogens with two attached hydrogens (primary N) is 3. The molecule has 0 spiro atoms. The number of ether oxygens (including phenoxy) is 1. The van der Waals surface area contributed by atoms with Crippen molar-refractivity contribution >= 4 is 17.8 Å². The van der Waals surface area contributed by atoms with Crippen LogP contribution in [0.25, 0.3) is 0 Å². The SMILES string of the molecule is C[C@H](N)C(=O)OC(=O)CC[C@@H](N)C(N)=O. The third-order valence-electron chi connectivity index (χ3n) is 1.61. The van der Waals surface area contributed by atoms with Crippen molar-refractivity contribution in [2.24, 2.45) is 17.2 Å². The number of amides is 1. The summed E-state index contributed by atoms with van der Waals surface area (Å²) in [6, 6.07) is -1.78.